The number of carbonyl (C=O) groups excluding carboxylic acids is 5. The van der Waals surface area contributed by atoms with E-state index in [1.165, 1.54) is 279 Å². The number of rotatable bonds is 27. The first-order valence-corrected chi connectivity index (χ1v) is 51.7. The lowest BCUT2D eigenvalue weighted by molar-refractivity contribution is -0.116. The fraction of sp³-hybridized carbons (Fsp3) is 0.510. The van der Waals surface area contributed by atoms with Gasteiger partial charge < -0.3 is 50.8 Å². The van der Waals surface area contributed by atoms with Crippen LogP contribution in [0.2, 0.25) is 0 Å². The van der Waals surface area contributed by atoms with Crippen molar-refractivity contribution in [3.05, 3.63) is 206 Å². The third-order valence-corrected chi connectivity index (χ3v) is 26.3. The summed E-state index contributed by atoms with van der Waals surface area (Å²) in [5.41, 5.74) is 40.8. The molecule has 20 nitrogen and oxygen atoms in total. The van der Waals surface area contributed by atoms with Gasteiger partial charge in [-0.1, -0.05) is 284 Å². The Morgan fingerprint density at radius 3 is 0.496 bits per heavy atom. The third kappa shape index (κ3) is 45.4. The zero-order valence-electron chi connectivity index (χ0n) is 77.5. The molecule has 5 aromatic carbocycles. The molecule has 0 atom stereocenters. The monoisotopic (exact) mass is 1830 g/mol. The number of oxazole rings is 5. The molecule has 5 aliphatic rings. The number of nitrogens with zero attached hydrogens (tertiary/aromatic N) is 5. The maximum absolute atomic E-state index is 10.7. The fourth-order valence-electron chi connectivity index (χ4n) is 13.8. The van der Waals surface area contributed by atoms with Crippen molar-refractivity contribution < 1.29 is 46.1 Å². The van der Waals surface area contributed by atoms with Crippen LogP contribution in [-0.2, 0) is 65.6 Å². The Morgan fingerprint density at radius 2 is 0.370 bits per heavy atom. The van der Waals surface area contributed by atoms with Crippen LogP contribution in [-0.4, -0.2) is 83.2 Å². The standard InChI is InChI=1S/2C15H18N2O2S.3C14H16N2O2S.5C6H12/c2*1-3-11-4-6-12(7-5-11)15-17-13(10(2)19-15)8-20-9-14(16)18;3*1-9-3-5-11(6-4-9)14-16-12(10(2)18-14)7-19-8-13(15)17;5*1-2-4-6-5-3-1/h2*4-7H,3,8-9H2,1-2H3,(H2,16,18);3*3-6H,7-8H2,1-2H3,(H2,15,17);5*1-6H2. The van der Waals surface area contributed by atoms with E-state index in [-0.39, 0.29) is 29.5 Å². The van der Waals surface area contributed by atoms with Crippen LogP contribution in [0.5, 0.6) is 0 Å². The second-order valence-corrected chi connectivity index (χ2v) is 37.6. The lowest BCUT2D eigenvalue weighted by atomic mass is 10.0. The average molecular weight is 1830 g/mol. The molecule has 0 aliphatic heterocycles. The number of thioether (sulfide) groups is 5. The molecule has 5 aliphatic carbocycles. The second kappa shape index (κ2) is 63.3. The quantitative estimate of drug-likeness (QED) is 0.0319. The Balaban J connectivity index is 0.000000226. The van der Waals surface area contributed by atoms with Gasteiger partial charge in [0.05, 0.1) is 57.2 Å². The number of hydrogen-bond donors (Lipinski definition) is 5. The SMILES string of the molecule is C1CCCCC1.C1CCCCC1.C1CCCCC1.C1CCCCC1.C1CCCCC1.CCc1ccc(-c2nc(CSCC(N)=O)c(C)o2)cc1.CCc1ccc(-c2nc(CSCC(N)=O)c(C)o2)cc1.Cc1ccc(-c2nc(CSCC(N)=O)c(C)o2)cc1.Cc1ccc(-c2nc(CSCC(N)=O)c(C)o2)cc1.Cc1ccc(-c2nc(CSCC(N)=O)c(C)o2)cc1. The zero-order chi connectivity index (χ0) is 91.8. The fourth-order valence-corrected chi connectivity index (χ4v) is 17.6. The molecule has 0 unspecified atom stereocenters. The van der Waals surface area contributed by atoms with Crippen LogP contribution in [0.15, 0.2) is 143 Å². The van der Waals surface area contributed by atoms with Crippen molar-refractivity contribution in [3.8, 4) is 57.3 Å². The number of carbonyl (C=O) groups is 5. The van der Waals surface area contributed by atoms with Crippen LogP contribution in [0.4, 0.5) is 0 Å². The van der Waals surface area contributed by atoms with Gasteiger partial charge in [-0.2, -0.15) is 0 Å². The molecule has 15 rings (SSSR count). The summed E-state index contributed by atoms with van der Waals surface area (Å²) in [7, 11) is 0. The molecular formula is C102H144N10O10S5. The molecule has 5 fully saturated rings. The zero-order valence-corrected chi connectivity index (χ0v) is 81.6. The summed E-state index contributed by atoms with van der Waals surface area (Å²) in [4.78, 5) is 75.9. The summed E-state index contributed by atoms with van der Waals surface area (Å²) in [6, 6.07) is 40.5. The average Bonchev–Trinajstić information content (AvgIpc) is 1.73. The van der Waals surface area contributed by atoms with Gasteiger partial charge in [0.2, 0.25) is 59.0 Å². The summed E-state index contributed by atoms with van der Waals surface area (Å²) in [5, 5.41) is 0. The largest absolute Gasteiger partial charge is 0.441 e. The first kappa shape index (κ1) is 107. The van der Waals surface area contributed by atoms with E-state index < -0.39 is 0 Å². The van der Waals surface area contributed by atoms with Crippen LogP contribution in [0.1, 0.15) is 292 Å². The molecule has 5 aromatic heterocycles. The predicted molar refractivity (Wildman–Crippen MR) is 532 cm³/mol. The van der Waals surface area contributed by atoms with E-state index in [9.17, 15) is 24.0 Å². The van der Waals surface area contributed by atoms with Crippen molar-refractivity contribution in [2.24, 2.45) is 28.7 Å². The van der Waals surface area contributed by atoms with E-state index in [2.05, 4.69) is 63.0 Å². The topological polar surface area (TPSA) is 346 Å². The van der Waals surface area contributed by atoms with E-state index in [1.807, 2.05) is 152 Å². The van der Waals surface area contributed by atoms with Crippen molar-refractivity contribution >= 4 is 88.3 Å². The number of hydrogen-bond acceptors (Lipinski definition) is 20. The summed E-state index contributed by atoms with van der Waals surface area (Å²) in [6.07, 6.45) is 47.0. The predicted octanol–water partition coefficient (Wildman–Crippen LogP) is 25.6. The smallest absolute Gasteiger partial charge is 0.227 e. The summed E-state index contributed by atoms with van der Waals surface area (Å²) < 4.78 is 28.4. The molecule has 0 saturated heterocycles. The molecular weight excluding hydrogens is 1690 g/mol. The lowest BCUT2D eigenvalue weighted by Gasteiger charge is -2.05. The summed E-state index contributed by atoms with van der Waals surface area (Å²) in [6.45, 7) is 19.8. The summed E-state index contributed by atoms with van der Waals surface area (Å²) in [5.74, 6) is 10.1. The molecule has 0 radical (unpaired) electrons. The van der Waals surface area contributed by atoms with E-state index in [4.69, 9.17) is 50.8 Å². The minimum atomic E-state index is -0.315. The lowest BCUT2D eigenvalue weighted by Crippen LogP contribution is -2.13. The van der Waals surface area contributed by atoms with Gasteiger partial charge in [0.15, 0.2) is 0 Å². The van der Waals surface area contributed by atoms with E-state index in [0.29, 0.717) is 87.0 Å². The minimum Gasteiger partial charge on any atom is -0.441 e. The Morgan fingerprint density at radius 1 is 0.236 bits per heavy atom. The molecule has 0 spiro atoms. The number of nitrogens with two attached hydrogens (primary N) is 5. The first-order chi connectivity index (χ1) is 61.4. The van der Waals surface area contributed by atoms with E-state index >= 15 is 0 Å². The van der Waals surface area contributed by atoms with Crippen molar-refractivity contribution in [2.75, 3.05) is 28.8 Å². The van der Waals surface area contributed by atoms with Crippen LogP contribution in [0, 0.1) is 55.4 Å². The molecule has 692 valence electrons. The Kier molecular flexibility index (Phi) is 53.3. The van der Waals surface area contributed by atoms with Gasteiger partial charge in [-0.3, -0.25) is 24.0 Å². The van der Waals surface area contributed by atoms with Crippen LogP contribution in [0.25, 0.3) is 57.3 Å². The van der Waals surface area contributed by atoms with Gasteiger partial charge in [-0.15, -0.1) is 58.8 Å². The van der Waals surface area contributed by atoms with Gasteiger partial charge in [-0.05, 0) is 140 Å². The van der Waals surface area contributed by atoms with Gasteiger partial charge in [0, 0.05) is 56.6 Å². The van der Waals surface area contributed by atoms with Crippen LogP contribution in [0.3, 0.4) is 0 Å². The molecule has 127 heavy (non-hydrogen) atoms. The third-order valence-electron chi connectivity index (χ3n) is 21.5. The molecule has 25 heteroatoms. The highest BCUT2D eigenvalue weighted by Gasteiger charge is 2.18. The normalized spacial score (nSPS) is 13.8. The number of benzene rings is 5. The Hall–Kier alpha value is -8.75. The molecule has 5 heterocycles. The van der Waals surface area contributed by atoms with Crippen LogP contribution < -0.4 is 28.7 Å². The number of primary amides is 5. The number of amides is 5. The van der Waals surface area contributed by atoms with Gasteiger partial charge in [0.25, 0.3) is 0 Å². The van der Waals surface area contributed by atoms with Crippen molar-refractivity contribution in [1.82, 2.24) is 24.9 Å². The molecule has 0 bridgehead atoms. The van der Waals surface area contributed by atoms with Crippen molar-refractivity contribution in [1.29, 1.82) is 0 Å². The maximum atomic E-state index is 10.7. The first-order valence-electron chi connectivity index (χ1n) is 45.9. The van der Waals surface area contributed by atoms with Crippen LogP contribution >= 0.6 is 58.8 Å². The highest BCUT2D eigenvalue weighted by atomic mass is 32.2. The summed E-state index contributed by atoms with van der Waals surface area (Å²) >= 11 is 7.22. The Labute approximate surface area is 778 Å². The highest BCUT2D eigenvalue weighted by molar-refractivity contribution is 8.00. The molecule has 5 amide bonds. The molecule has 5 saturated carbocycles. The van der Waals surface area contributed by atoms with Crippen molar-refractivity contribution in [3.63, 3.8) is 0 Å². The van der Waals surface area contributed by atoms with E-state index in [1.54, 1.807) is 0 Å². The van der Waals surface area contributed by atoms with Gasteiger partial charge in [0.1, 0.15) is 28.8 Å². The maximum Gasteiger partial charge on any atom is 0.227 e. The molecule has 10 N–H and O–H groups in total. The number of aryl methyl sites for hydroxylation is 10. The second-order valence-electron chi connectivity index (χ2n) is 32.7. The highest BCUT2D eigenvalue weighted by Crippen LogP contribution is 2.31. The number of aromatic nitrogens is 5. The van der Waals surface area contributed by atoms with Gasteiger partial charge in [-0.25, -0.2) is 24.9 Å². The minimum absolute atomic E-state index is 0.298. The molecule has 10 aromatic rings. The van der Waals surface area contributed by atoms with E-state index in [0.717, 1.165) is 97.9 Å². The Bertz CT molecular complexity index is 4220. The van der Waals surface area contributed by atoms with Crippen molar-refractivity contribution in [2.45, 2.75) is 303 Å². The van der Waals surface area contributed by atoms with Gasteiger partial charge >= 0.3 is 0 Å².